The molecule has 0 saturated carbocycles. The van der Waals surface area contributed by atoms with Crippen molar-refractivity contribution in [3.8, 4) is 0 Å². The van der Waals surface area contributed by atoms with E-state index in [4.69, 9.17) is 9.47 Å². The summed E-state index contributed by atoms with van der Waals surface area (Å²) in [5.74, 6) is 0.420. The Kier molecular flexibility index (Phi) is 8.69. The Balaban J connectivity index is 0.00000300. The minimum Gasteiger partial charge on any atom is -0.469 e. The van der Waals surface area contributed by atoms with Gasteiger partial charge in [-0.2, -0.15) is 0 Å². The highest BCUT2D eigenvalue weighted by Gasteiger charge is 2.39. The van der Waals surface area contributed by atoms with Gasteiger partial charge in [-0.3, -0.25) is 9.79 Å². The van der Waals surface area contributed by atoms with Crippen molar-refractivity contribution >= 4 is 35.9 Å². The summed E-state index contributed by atoms with van der Waals surface area (Å²) >= 11 is 0. The largest absolute Gasteiger partial charge is 0.469 e. The molecular formula is C21H31FIN3O3. The average molecular weight is 519 g/mol. The Morgan fingerprint density at radius 1 is 1.38 bits per heavy atom. The number of methoxy groups -OCH3 is 1. The van der Waals surface area contributed by atoms with E-state index in [1.165, 1.54) is 13.2 Å². The third-order valence-corrected chi connectivity index (χ3v) is 6.10. The number of carbonyl (C=O) groups excluding carboxylic acids is 1. The lowest BCUT2D eigenvalue weighted by Crippen LogP contribution is -2.49. The van der Waals surface area contributed by atoms with Crippen LogP contribution in [0.3, 0.4) is 0 Å². The summed E-state index contributed by atoms with van der Waals surface area (Å²) < 4.78 is 24.4. The quantitative estimate of drug-likeness (QED) is 0.287. The smallest absolute Gasteiger partial charge is 0.310 e. The second kappa shape index (κ2) is 10.6. The molecule has 162 valence electrons. The molecule has 3 rings (SSSR count). The monoisotopic (exact) mass is 519 g/mol. The summed E-state index contributed by atoms with van der Waals surface area (Å²) in [5, 5.41) is 3.48. The zero-order chi connectivity index (χ0) is 20.1. The molecule has 2 aliphatic heterocycles. The first kappa shape index (κ1) is 23.9. The Labute approximate surface area is 189 Å². The zero-order valence-corrected chi connectivity index (χ0v) is 19.6. The van der Waals surface area contributed by atoms with Crippen LogP contribution in [-0.2, 0) is 19.7 Å². The van der Waals surface area contributed by atoms with E-state index in [9.17, 15) is 9.18 Å². The van der Waals surface area contributed by atoms with Gasteiger partial charge in [0.05, 0.1) is 13.0 Å². The third-order valence-electron chi connectivity index (χ3n) is 6.10. The normalized spacial score (nSPS) is 24.0. The minimum absolute atomic E-state index is 0. The number of aliphatic imine (C=N–C) groups is 1. The molecule has 0 aliphatic carbocycles. The molecule has 2 atom stereocenters. The van der Waals surface area contributed by atoms with E-state index in [1.54, 1.807) is 19.2 Å². The number of esters is 1. The van der Waals surface area contributed by atoms with Gasteiger partial charge in [0, 0.05) is 45.3 Å². The number of rotatable bonds is 4. The first-order valence-electron chi connectivity index (χ1n) is 9.86. The Morgan fingerprint density at radius 2 is 2.10 bits per heavy atom. The zero-order valence-electron chi connectivity index (χ0n) is 17.3. The van der Waals surface area contributed by atoms with Gasteiger partial charge in [-0.15, -0.1) is 24.0 Å². The number of likely N-dealkylation sites (tertiary alicyclic amines) is 1. The second-order valence-corrected chi connectivity index (χ2v) is 7.82. The number of hydrogen-bond donors (Lipinski definition) is 1. The molecule has 6 nitrogen and oxygen atoms in total. The third kappa shape index (κ3) is 5.39. The summed E-state index contributed by atoms with van der Waals surface area (Å²) in [6, 6.07) is 6.85. The standard InChI is InChI=1S/C21H30FN3O3.HI/c1-15-12-25(13-18(15)19(26)27-3)20(23-2)24-14-21(7-9-28-10-8-21)16-5-4-6-17(22)11-16;/h4-6,11,15,18H,7-10,12-14H2,1-3H3,(H,23,24);1H. The van der Waals surface area contributed by atoms with Crippen LogP contribution in [0.5, 0.6) is 0 Å². The molecule has 0 bridgehead atoms. The molecule has 0 aromatic heterocycles. The van der Waals surface area contributed by atoms with Crippen LogP contribution in [0.2, 0.25) is 0 Å². The van der Waals surface area contributed by atoms with E-state index < -0.39 is 0 Å². The highest BCUT2D eigenvalue weighted by Crippen LogP contribution is 2.35. The number of hydrogen-bond acceptors (Lipinski definition) is 4. The van der Waals surface area contributed by atoms with Gasteiger partial charge in [0.1, 0.15) is 5.82 Å². The van der Waals surface area contributed by atoms with Crippen LogP contribution in [0.25, 0.3) is 0 Å². The van der Waals surface area contributed by atoms with E-state index in [0.717, 1.165) is 30.9 Å². The predicted octanol–water partition coefficient (Wildman–Crippen LogP) is 2.81. The molecule has 2 saturated heterocycles. The number of guanidine groups is 1. The molecule has 29 heavy (non-hydrogen) atoms. The number of carbonyl (C=O) groups is 1. The van der Waals surface area contributed by atoms with Crippen LogP contribution in [0.15, 0.2) is 29.3 Å². The molecule has 0 amide bonds. The molecule has 2 aliphatic rings. The van der Waals surface area contributed by atoms with Crippen molar-refractivity contribution in [3.63, 3.8) is 0 Å². The summed E-state index contributed by atoms with van der Waals surface area (Å²) in [6.45, 7) is 5.34. The first-order chi connectivity index (χ1) is 13.5. The van der Waals surface area contributed by atoms with E-state index in [-0.39, 0.29) is 53.0 Å². The molecule has 0 radical (unpaired) electrons. The fraction of sp³-hybridized carbons (Fsp3) is 0.619. The number of nitrogens with one attached hydrogen (secondary N) is 1. The maximum absolute atomic E-state index is 13.9. The van der Waals surface area contributed by atoms with Crippen LogP contribution in [0, 0.1) is 17.7 Å². The summed E-state index contributed by atoms with van der Waals surface area (Å²) in [5.41, 5.74) is 0.782. The van der Waals surface area contributed by atoms with Gasteiger partial charge >= 0.3 is 5.97 Å². The molecular weight excluding hydrogens is 488 g/mol. The Hall–Kier alpha value is -1.42. The topological polar surface area (TPSA) is 63.2 Å². The average Bonchev–Trinajstić information content (AvgIpc) is 3.10. The van der Waals surface area contributed by atoms with Crippen molar-refractivity contribution in [2.24, 2.45) is 16.8 Å². The van der Waals surface area contributed by atoms with E-state index in [2.05, 4.69) is 22.1 Å². The van der Waals surface area contributed by atoms with Gasteiger partial charge in [0.25, 0.3) is 0 Å². The van der Waals surface area contributed by atoms with Crippen molar-refractivity contribution in [1.29, 1.82) is 0 Å². The lowest BCUT2D eigenvalue weighted by Gasteiger charge is -2.39. The minimum atomic E-state index is -0.220. The molecule has 8 heteroatoms. The van der Waals surface area contributed by atoms with Crippen LogP contribution < -0.4 is 5.32 Å². The number of ether oxygens (including phenoxy) is 2. The van der Waals surface area contributed by atoms with Gasteiger partial charge in [-0.1, -0.05) is 19.1 Å². The van der Waals surface area contributed by atoms with Gasteiger partial charge in [-0.05, 0) is 36.5 Å². The lowest BCUT2D eigenvalue weighted by molar-refractivity contribution is -0.145. The molecule has 2 unspecified atom stereocenters. The highest BCUT2D eigenvalue weighted by atomic mass is 127. The Morgan fingerprint density at radius 3 is 2.72 bits per heavy atom. The van der Waals surface area contributed by atoms with Gasteiger partial charge in [-0.25, -0.2) is 4.39 Å². The second-order valence-electron chi connectivity index (χ2n) is 7.82. The first-order valence-corrected chi connectivity index (χ1v) is 9.86. The summed E-state index contributed by atoms with van der Waals surface area (Å²) in [7, 11) is 3.18. The molecule has 1 aromatic rings. The van der Waals surface area contributed by atoms with Crippen molar-refractivity contribution in [3.05, 3.63) is 35.6 Å². The number of nitrogens with zero attached hydrogens (tertiary/aromatic N) is 2. The van der Waals surface area contributed by atoms with Crippen LogP contribution >= 0.6 is 24.0 Å². The maximum atomic E-state index is 13.9. The highest BCUT2D eigenvalue weighted by molar-refractivity contribution is 14.0. The fourth-order valence-corrected chi connectivity index (χ4v) is 4.33. The van der Waals surface area contributed by atoms with Crippen LogP contribution in [-0.4, -0.2) is 63.8 Å². The molecule has 0 spiro atoms. The molecule has 1 aromatic carbocycles. The van der Waals surface area contributed by atoms with E-state index in [1.807, 2.05) is 6.07 Å². The van der Waals surface area contributed by atoms with Crippen molar-refractivity contribution in [2.75, 3.05) is 47.0 Å². The SMILES string of the molecule is CN=C(NCC1(c2cccc(F)c2)CCOCC1)N1CC(C)C(C(=O)OC)C1.I. The molecule has 2 fully saturated rings. The van der Waals surface area contributed by atoms with Crippen molar-refractivity contribution in [2.45, 2.75) is 25.2 Å². The fourth-order valence-electron chi connectivity index (χ4n) is 4.33. The van der Waals surface area contributed by atoms with Crippen LogP contribution in [0.1, 0.15) is 25.3 Å². The number of benzene rings is 1. The van der Waals surface area contributed by atoms with Crippen LogP contribution in [0.4, 0.5) is 4.39 Å². The summed E-state index contributed by atoms with van der Waals surface area (Å²) in [4.78, 5) is 18.5. The van der Waals surface area contributed by atoms with E-state index in [0.29, 0.717) is 26.3 Å². The van der Waals surface area contributed by atoms with Crippen molar-refractivity contribution < 1.29 is 18.7 Å². The summed E-state index contributed by atoms with van der Waals surface area (Å²) in [6.07, 6.45) is 1.64. The Bertz CT molecular complexity index is 725. The lowest BCUT2D eigenvalue weighted by atomic mass is 9.74. The predicted molar refractivity (Wildman–Crippen MR) is 121 cm³/mol. The molecule has 2 heterocycles. The van der Waals surface area contributed by atoms with Gasteiger partial charge in [0.15, 0.2) is 5.96 Å². The van der Waals surface area contributed by atoms with Gasteiger partial charge < -0.3 is 19.7 Å². The maximum Gasteiger partial charge on any atom is 0.310 e. The molecule has 1 N–H and O–H groups in total. The van der Waals surface area contributed by atoms with E-state index >= 15 is 0 Å². The number of halogens is 2. The van der Waals surface area contributed by atoms with Crippen molar-refractivity contribution in [1.82, 2.24) is 10.2 Å². The van der Waals surface area contributed by atoms with Gasteiger partial charge in [0.2, 0.25) is 0 Å².